The van der Waals surface area contributed by atoms with Crippen LogP contribution in [0.15, 0.2) is 18.3 Å². The van der Waals surface area contributed by atoms with Crippen molar-refractivity contribution in [2.45, 2.75) is 45.4 Å². The van der Waals surface area contributed by atoms with Crippen LogP contribution >= 0.6 is 11.6 Å². The lowest BCUT2D eigenvalue weighted by molar-refractivity contribution is 0.118. The molecule has 5 heteroatoms. The summed E-state index contributed by atoms with van der Waals surface area (Å²) in [7, 11) is 0. The van der Waals surface area contributed by atoms with Crippen LogP contribution in [0.5, 0.6) is 0 Å². The molecule has 0 spiro atoms. The van der Waals surface area contributed by atoms with Gasteiger partial charge in [0.25, 0.3) is 0 Å². The molecule has 0 saturated carbocycles. The molecule has 2 atom stereocenters. The first-order valence-corrected chi connectivity index (χ1v) is 6.30. The average molecular weight is 269 g/mol. The molecule has 18 heavy (non-hydrogen) atoms. The van der Waals surface area contributed by atoms with Crippen molar-refractivity contribution in [3.05, 3.63) is 29.0 Å². The fraction of sp³-hybridized carbons (Fsp3) is 0.538. The largest absolute Gasteiger partial charge is 0.437 e. The monoisotopic (exact) mass is 268 g/mol. The first-order chi connectivity index (χ1) is 8.30. The van der Waals surface area contributed by atoms with Crippen LogP contribution < -0.4 is 0 Å². The summed E-state index contributed by atoms with van der Waals surface area (Å²) in [4.78, 5) is 17.9. The second-order valence-corrected chi connectivity index (χ2v) is 5.92. The Balaban J connectivity index is 2.31. The molecular weight excluding hydrogens is 252 g/mol. The maximum Gasteiger partial charge on any atom is 0.411 e. The normalized spacial score (nSPS) is 24.3. The third-order valence-corrected chi connectivity index (χ3v) is 3.26. The van der Waals surface area contributed by atoms with Crippen molar-refractivity contribution >= 4 is 17.7 Å². The fourth-order valence-electron chi connectivity index (χ4n) is 2.33. The van der Waals surface area contributed by atoms with Crippen molar-refractivity contribution in [3.63, 3.8) is 0 Å². The molecule has 1 aromatic heterocycles. The minimum absolute atomic E-state index is 0.0662. The van der Waals surface area contributed by atoms with Gasteiger partial charge in [-0.3, -0.25) is 9.88 Å². The predicted molar refractivity (Wildman–Crippen MR) is 69.5 cm³/mol. The van der Waals surface area contributed by atoms with E-state index in [-0.39, 0.29) is 23.8 Å². The van der Waals surface area contributed by atoms with Gasteiger partial charge < -0.3 is 4.74 Å². The number of ether oxygens (including phenoxy) is 1. The van der Waals surface area contributed by atoms with Crippen molar-refractivity contribution in [1.29, 1.82) is 0 Å². The van der Waals surface area contributed by atoms with Crippen LogP contribution in [0.1, 0.15) is 39.5 Å². The van der Waals surface area contributed by atoms with E-state index in [4.69, 9.17) is 16.3 Å². The Kier molecular flexibility index (Phi) is 3.23. The number of hydrogen-bond acceptors (Lipinski definition) is 3. The molecule has 1 saturated heterocycles. The number of aromatic nitrogens is 1. The van der Waals surface area contributed by atoms with Crippen LogP contribution in [0.4, 0.5) is 4.79 Å². The number of amides is 1. The van der Waals surface area contributed by atoms with Gasteiger partial charge in [-0.1, -0.05) is 11.6 Å². The van der Waals surface area contributed by atoms with Gasteiger partial charge in [0.2, 0.25) is 0 Å². The van der Waals surface area contributed by atoms with Crippen LogP contribution in [0.2, 0.25) is 5.02 Å². The van der Waals surface area contributed by atoms with Gasteiger partial charge in [0.1, 0.15) is 0 Å². The van der Waals surface area contributed by atoms with Gasteiger partial charge in [0, 0.05) is 16.8 Å². The SMILES string of the molecule is C[C@@H]1[C@@H](c2cc(Cl)ccn2)OC(=O)N1C(C)(C)C. The maximum absolute atomic E-state index is 11.9. The zero-order chi connectivity index (χ0) is 13.5. The summed E-state index contributed by atoms with van der Waals surface area (Å²) in [5.74, 6) is 0. The summed E-state index contributed by atoms with van der Waals surface area (Å²) in [5.41, 5.74) is 0.416. The van der Waals surface area contributed by atoms with Crippen LogP contribution in [-0.4, -0.2) is 27.6 Å². The third kappa shape index (κ3) is 2.29. The molecule has 1 fully saturated rings. The third-order valence-electron chi connectivity index (χ3n) is 3.03. The number of cyclic esters (lactones) is 1. The molecule has 2 rings (SSSR count). The van der Waals surface area contributed by atoms with E-state index in [0.29, 0.717) is 10.7 Å². The molecule has 0 N–H and O–H groups in total. The van der Waals surface area contributed by atoms with Crippen molar-refractivity contribution in [1.82, 2.24) is 9.88 Å². The van der Waals surface area contributed by atoms with Gasteiger partial charge in [-0.05, 0) is 39.8 Å². The molecule has 0 unspecified atom stereocenters. The molecule has 1 aliphatic rings. The summed E-state index contributed by atoms with van der Waals surface area (Å²) in [5, 5.41) is 0.595. The highest BCUT2D eigenvalue weighted by Crippen LogP contribution is 2.36. The zero-order valence-electron chi connectivity index (χ0n) is 11.0. The number of carbonyl (C=O) groups is 1. The van der Waals surface area contributed by atoms with Crippen LogP contribution in [-0.2, 0) is 4.74 Å². The molecule has 1 aromatic rings. The van der Waals surface area contributed by atoms with Gasteiger partial charge in [0.05, 0.1) is 11.7 Å². The number of rotatable bonds is 1. The second kappa shape index (κ2) is 4.43. The van der Waals surface area contributed by atoms with Crippen LogP contribution in [0, 0.1) is 0 Å². The molecule has 0 aromatic carbocycles. The molecule has 1 aliphatic heterocycles. The van der Waals surface area contributed by atoms with E-state index in [1.54, 1.807) is 23.2 Å². The predicted octanol–water partition coefficient (Wildman–Crippen LogP) is 3.42. The number of pyridine rings is 1. The number of nitrogens with zero attached hydrogens (tertiary/aromatic N) is 2. The lowest BCUT2D eigenvalue weighted by Gasteiger charge is -2.33. The Morgan fingerprint density at radius 1 is 1.44 bits per heavy atom. The number of halogens is 1. The van der Waals surface area contributed by atoms with Crippen LogP contribution in [0.3, 0.4) is 0 Å². The Hall–Kier alpha value is -1.29. The molecule has 2 heterocycles. The van der Waals surface area contributed by atoms with E-state index in [1.807, 2.05) is 27.7 Å². The minimum atomic E-state index is -0.365. The van der Waals surface area contributed by atoms with Crippen molar-refractivity contribution < 1.29 is 9.53 Å². The molecule has 0 bridgehead atoms. The number of hydrogen-bond donors (Lipinski definition) is 0. The highest BCUT2D eigenvalue weighted by molar-refractivity contribution is 6.30. The van der Waals surface area contributed by atoms with Crippen LogP contribution in [0.25, 0.3) is 0 Å². The van der Waals surface area contributed by atoms with Gasteiger partial charge >= 0.3 is 6.09 Å². The molecule has 4 nitrogen and oxygen atoms in total. The standard InChI is InChI=1S/C13H17ClN2O2/c1-8-11(10-7-9(14)5-6-15-10)18-12(17)16(8)13(2,3)4/h5-8,11H,1-4H3/t8-,11+/m1/s1. The summed E-state index contributed by atoms with van der Waals surface area (Å²) < 4.78 is 5.42. The first kappa shape index (κ1) is 13.1. The smallest absolute Gasteiger partial charge is 0.411 e. The minimum Gasteiger partial charge on any atom is -0.437 e. The Labute approximate surface area is 112 Å². The molecule has 0 aliphatic carbocycles. The van der Waals surface area contributed by atoms with Gasteiger partial charge in [-0.2, -0.15) is 0 Å². The molecule has 98 valence electrons. The van der Waals surface area contributed by atoms with E-state index in [1.165, 1.54) is 0 Å². The fourth-order valence-corrected chi connectivity index (χ4v) is 2.50. The average Bonchev–Trinajstić information content (AvgIpc) is 2.53. The van der Waals surface area contributed by atoms with Crippen molar-refractivity contribution in [2.24, 2.45) is 0 Å². The summed E-state index contributed by atoms with van der Waals surface area (Å²) in [6, 6.07) is 3.37. The zero-order valence-corrected chi connectivity index (χ0v) is 11.7. The van der Waals surface area contributed by atoms with E-state index in [0.717, 1.165) is 0 Å². The van der Waals surface area contributed by atoms with Gasteiger partial charge in [0.15, 0.2) is 6.10 Å². The Bertz CT molecular complexity index is 470. The first-order valence-electron chi connectivity index (χ1n) is 5.92. The quantitative estimate of drug-likeness (QED) is 0.784. The van der Waals surface area contributed by atoms with Crippen molar-refractivity contribution in [3.8, 4) is 0 Å². The topological polar surface area (TPSA) is 42.4 Å². The Morgan fingerprint density at radius 2 is 2.11 bits per heavy atom. The van der Waals surface area contributed by atoms with E-state index in [9.17, 15) is 4.79 Å². The van der Waals surface area contributed by atoms with Gasteiger partial charge in [-0.15, -0.1) is 0 Å². The van der Waals surface area contributed by atoms with Gasteiger partial charge in [-0.25, -0.2) is 4.79 Å². The summed E-state index contributed by atoms with van der Waals surface area (Å²) in [6.45, 7) is 7.92. The lowest BCUT2D eigenvalue weighted by atomic mass is 10.0. The highest BCUT2D eigenvalue weighted by atomic mass is 35.5. The lowest BCUT2D eigenvalue weighted by Crippen LogP contribution is -2.46. The Morgan fingerprint density at radius 3 is 2.61 bits per heavy atom. The molecule has 1 amide bonds. The molecule has 0 radical (unpaired) electrons. The van der Waals surface area contributed by atoms with E-state index >= 15 is 0 Å². The highest BCUT2D eigenvalue weighted by Gasteiger charge is 2.45. The van der Waals surface area contributed by atoms with Crippen molar-refractivity contribution in [2.75, 3.05) is 0 Å². The molecular formula is C13H17ClN2O2. The summed E-state index contributed by atoms with van der Waals surface area (Å²) >= 11 is 5.94. The number of carbonyl (C=O) groups excluding carboxylic acids is 1. The van der Waals surface area contributed by atoms with E-state index in [2.05, 4.69) is 4.98 Å². The summed E-state index contributed by atoms with van der Waals surface area (Å²) in [6.07, 6.45) is 0.954. The second-order valence-electron chi connectivity index (χ2n) is 5.48. The maximum atomic E-state index is 11.9. The van der Waals surface area contributed by atoms with E-state index < -0.39 is 0 Å².